The van der Waals surface area contributed by atoms with Gasteiger partial charge in [0.2, 0.25) is 0 Å². The highest BCUT2D eigenvalue weighted by Crippen LogP contribution is 2.32. The maximum absolute atomic E-state index is 11.7. The number of carbonyl (C=O) groups is 1. The second kappa shape index (κ2) is 6.06. The SMILES string of the molecule is C[C@H]1CCCCC[C@@H]2OC(C)(C)O[C@@H]2/C=C\C(=O)O1. The molecule has 4 nitrogen and oxygen atoms in total. The molecule has 0 N–H and O–H groups in total. The van der Waals surface area contributed by atoms with Gasteiger partial charge < -0.3 is 14.2 Å². The molecule has 3 atom stereocenters. The Balaban J connectivity index is 2.05. The average Bonchev–Trinajstić information content (AvgIpc) is 2.59. The zero-order chi connectivity index (χ0) is 13.9. The number of esters is 1. The molecule has 2 aliphatic rings. The van der Waals surface area contributed by atoms with Crippen LogP contribution in [0.4, 0.5) is 0 Å². The lowest BCUT2D eigenvalue weighted by molar-refractivity contribution is -0.144. The van der Waals surface area contributed by atoms with E-state index in [1.54, 1.807) is 6.08 Å². The molecule has 0 aromatic heterocycles. The van der Waals surface area contributed by atoms with Crippen LogP contribution in [0.15, 0.2) is 12.2 Å². The second-order valence-corrected chi connectivity index (χ2v) is 5.88. The number of hydrogen-bond acceptors (Lipinski definition) is 4. The van der Waals surface area contributed by atoms with E-state index in [9.17, 15) is 4.79 Å². The van der Waals surface area contributed by atoms with Gasteiger partial charge in [-0.1, -0.05) is 12.8 Å². The molecule has 2 rings (SSSR count). The lowest BCUT2D eigenvalue weighted by Gasteiger charge is -2.17. The number of cyclic esters (lactones) is 1. The van der Waals surface area contributed by atoms with Crippen molar-refractivity contribution in [2.75, 3.05) is 0 Å². The first-order valence-corrected chi connectivity index (χ1v) is 7.21. The zero-order valence-corrected chi connectivity index (χ0v) is 12.1. The molecule has 1 saturated heterocycles. The third-order valence-corrected chi connectivity index (χ3v) is 3.56. The van der Waals surface area contributed by atoms with Crippen LogP contribution in [0.1, 0.15) is 52.9 Å². The van der Waals surface area contributed by atoms with Crippen LogP contribution in [0.25, 0.3) is 0 Å². The summed E-state index contributed by atoms with van der Waals surface area (Å²) >= 11 is 0. The molecule has 0 unspecified atom stereocenters. The van der Waals surface area contributed by atoms with Crippen LogP contribution in [0, 0.1) is 0 Å². The van der Waals surface area contributed by atoms with Crippen molar-refractivity contribution >= 4 is 5.97 Å². The summed E-state index contributed by atoms with van der Waals surface area (Å²) in [5, 5.41) is 0. The van der Waals surface area contributed by atoms with Gasteiger partial charge in [-0.15, -0.1) is 0 Å². The summed E-state index contributed by atoms with van der Waals surface area (Å²) in [6.07, 6.45) is 8.36. The molecule has 2 heterocycles. The summed E-state index contributed by atoms with van der Waals surface area (Å²) in [5.41, 5.74) is 0. The van der Waals surface area contributed by atoms with E-state index >= 15 is 0 Å². The van der Waals surface area contributed by atoms with E-state index in [0.717, 1.165) is 32.1 Å². The van der Waals surface area contributed by atoms with Gasteiger partial charge >= 0.3 is 5.97 Å². The largest absolute Gasteiger partial charge is 0.460 e. The van der Waals surface area contributed by atoms with Crippen LogP contribution in [0.5, 0.6) is 0 Å². The Morgan fingerprint density at radius 1 is 1.16 bits per heavy atom. The third kappa shape index (κ3) is 4.32. The number of fused-ring (bicyclic) bond motifs is 1. The quantitative estimate of drug-likeness (QED) is 0.634. The van der Waals surface area contributed by atoms with E-state index in [4.69, 9.17) is 14.2 Å². The van der Waals surface area contributed by atoms with Crippen LogP contribution < -0.4 is 0 Å². The topological polar surface area (TPSA) is 44.8 Å². The zero-order valence-electron chi connectivity index (χ0n) is 12.1. The molecule has 0 saturated carbocycles. The van der Waals surface area contributed by atoms with Gasteiger partial charge in [0, 0.05) is 6.08 Å². The minimum Gasteiger partial charge on any atom is -0.460 e. The van der Waals surface area contributed by atoms with Crippen LogP contribution in [0.3, 0.4) is 0 Å². The molecule has 0 aliphatic carbocycles. The molecule has 2 aliphatic heterocycles. The van der Waals surface area contributed by atoms with Crippen molar-refractivity contribution in [3.8, 4) is 0 Å². The van der Waals surface area contributed by atoms with Gasteiger partial charge in [-0.2, -0.15) is 0 Å². The van der Waals surface area contributed by atoms with E-state index in [-0.39, 0.29) is 24.3 Å². The molecule has 0 amide bonds. The first-order chi connectivity index (χ1) is 8.96. The monoisotopic (exact) mass is 268 g/mol. The van der Waals surface area contributed by atoms with Crippen LogP contribution in [-0.4, -0.2) is 30.1 Å². The fourth-order valence-electron chi connectivity index (χ4n) is 2.67. The van der Waals surface area contributed by atoms with Gasteiger partial charge in [0.1, 0.15) is 6.10 Å². The fraction of sp³-hybridized carbons (Fsp3) is 0.800. The Labute approximate surface area is 115 Å². The minimum absolute atomic E-state index is 0.00967. The van der Waals surface area contributed by atoms with Gasteiger partial charge in [0.05, 0.1) is 12.2 Å². The maximum Gasteiger partial charge on any atom is 0.330 e. The van der Waals surface area contributed by atoms with Gasteiger partial charge in [0.15, 0.2) is 5.79 Å². The summed E-state index contributed by atoms with van der Waals surface area (Å²) in [5.74, 6) is -0.864. The number of hydrogen-bond donors (Lipinski definition) is 0. The maximum atomic E-state index is 11.7. The van der Waals surface area contributed by atoms with Gasteiger partial charge in [0.25, 0.3) is 0 Å². The standard InChI is InChI=1S/C15H24O4/c1-11-7-5-4-6-8-12-13(9-10-14(16)17-11)19-15(2,3)18-12/h9-13H,4-8H2,1-3H3/b10-9-/t11-,12-,13+/m0/s1. The molecule has 108 valence electrons. The molecule has 0 aromatic carbocycles. The summed E-state index contributed by atoms with van der Waals surface area (Å²) < 4.78 is 17.0. The summed E-state index contributed by atoms with van der Waals surface area (Å²) in [4.78, 5) is 11.7. The Bertz CT molecular complexity index is 348. The van der Waals surface area contributed by atoms with Crippen molar-refractivity contribution in [2.45, 2.75) is 77.0 Å². The highest BCUT2D eigenvalue weighted by atomic mass is 16.7. The number of rotatable bonds is 0. The molecule has 1 fully saturated rings. The smallest absolute Gasteiger partial charge is 0.330 e. The van der Waals surface area contributed by atoms with Gasteiger partial charge in [-0.25, -0.2) is 4.79 Å². The van der Waals surface area contributed by atoms with E-state index in [2.05, 4.69) is 0 Å². The first-order valence-electron chi connectivity index (χ1n) is 7.21. The Hall–Kier alpha value is -0.870. The lowest BCUT2D eigenvalue weighted by Crippen LogP contribution is -2.22. The van der Waals surface area contributed by atoms with Gasteiger partial charge in [-0.05, 0) is 46.1 Å². The Kier molecular flexibility index (Phi) is 4.63. The molecule has 0 spiro atoms. The van der Waals surface area contributed by atoms with E-state index < -0.39 is 5.79 Å². The lowest BCUT2D eigenvalue weighted by atomic mass is 10.0. The van der Waals surface area contributed by atoms with Crippen molar-refractivity contribution in [1.82, 2.24) is 0 Å². The van der Waals surface area contributed by atoms with Crippen molar-refractivity contribution in [1.29, 1.82) is 0 Å². The molecule has 0 radical (unpaired) electrons. The first kappa shape index (κ1) is 14.5. The van der Waals surface area contributed by atoms with Crippen LogP contribution in [0.2, 0.25) is 0 Å². The summed E-state index contributed by atoms with van der Waals surface area (Å²) in [6, 6.07) is 0. The van der Waals surface area contributed by atoms with Crippen LogP contribution in [-0.2, 0) is 19.0 Å². The number of ether oxygens (including phenoxy) is 3. The molecule has 19 heavy (non-hydrogen) atoms. The Morgan fingerprint density at radius 2 is 1.89 bits per heavy atom. The number of carbonyl (C=O) groups excluding carboxylic acids is 1. The normalized spacial score (nSPS) is 37.6. The predicted octanol–water partition coefficient (Wildman–Crippen LogP) is 2.96. The summed E-state index contributed by atoms with van der Waals surface area (Å²) in [7, 11) is 0. The molecular weight excluding hydrogens is 244 g/mol. The molecule has 4 heteroatoms. The highest BCUT2D eigenvalue weighted by Gasteiger charge is 2.39. The van der Waals surface area contributed by atoms with E-state index in [0.29, 0.717) is 0 Å². The van der Waals surface area contributed by atoms with Crippen molar-refractivity contribution in [3.05, 3.63) is 12.2 Å². The van der Waals surface area contributed by atoms with Crippen LogP contribution >= 0.6 is 0 Å². The van der Waals surface area contributed by atoms with E-state index in [1.165, 1.54) is 6.08 Å². The van der Waals surface area contributed by atoms with E-state index in [1.807, 2.05) is 20.8 Å². The minimum atomic E-state index is -0.572. The van der Waals surface area contributed by atoms with Crippen molar-refractivity contribution < 1.29 is 19.0 Å². The molecule has 0 aromatic rings. The molecule has 0 bridgehead atoms. The third-order valence-electron chi connectivity index (χ3n) is 3.56. The predicted molar refractivity (Wildman–Crippen MR) is 71.6 cm³/mol. The van der Waals surface area contributed by atoms with Crippen molar-refractivity contribution in [3.63, 3.8) is 0 Å². The fourth-order valence-corrected chi connectivity index (χ4v) is 2.67. The second-order valence-electron chi connectivity index (χ2n) is 5.88. The highest BCUT2D eigenvalue weighted by molar-refractivity contribution is 5.82. The average molecular weight is 268 g/mol. The molecular formula is C15H24O4. The van der Waals surface area contributed by atoms with Gasteiger partial charge in [-0.3, -0.25) is 0 Å². The van der Waals surface area contributed by atoms with Crippen molar-refractivity contribution in [2.24, 2.45) is 0 Å². The summed E-state index contributed by atoms with van der Waals surface area (Å²) in [6.45, 7) is 5.76. The Morgan fingerprint density at radius 3 is 2.68 bits per heavy atom.